The van der Waals surface area contributed by atoms with Crippen LogP contribution in [0.2, 0.25) is 0 Å². The van der Waals surface area contributed by atoms with Crippen molar-refractivity contribution in [3.05, 3.63) is 72.3 Å². The van der Waals surface area contributed by atoms with Crippen molar-refractivity contribution < 1.29 is 9.59 Å². The van der Waals surface area contributed by atoms with Gasteiger partial charge in [0, 0.05) is 12.4 Å². The lowest BCUT2D eigenvalue weighted by atomic mass is 10.2. The van der Waals surface area contributed by atoms with E-state index in [4.69, 9.17) is 0 Å². The third-order valence-corrected chi connectivity index (χ3v) is 3.11. The van der Waals surface area contributed by atoms with Crippen molar-refractivity contribution in [1.82, 2.24) is 9.97 Å². The molecule has 0 aliphatic heterocycles. The molecule has 110 valence electrons. The molecule has 2 amide bonds. The Balaban J connectivity index is 1.78. The second-order valence-electron chi connectivity index (χ2n) is 4.62. The Morgan fingerprint density at radius 2 is 1.14 bits per heavy atom. The summed E-state index contributed by atoms with van der Waals surface area (Å²) in [6.45, 7) is 0. The van der Waals surface area contributed by atoms with Gasteiger partial charge in [0.25, 0.3) is 11.8 Å². The van der Waals surface area contributed by atoms with Crippen LogP contribution >= 0.6 is 0 Å². The van der Waals surface area contributed by atoms with Crippen molar-refractivity contribution in [2.75, 3.05) is 10.6 Å². The highest BCUT2D eigenvalue weighted by Gasteiger charge is 2.12. The fourth-order valence-electron chi connectivity index (χ4n) is 2.02. The standard InChI is InChI=1S/C16H14N4O2/c21-15(13-7-3-9-17-13)19-11-5-1-2-6-12(11)20-16(22)14-8-4-10-18-14/h1-10,17-18H,(H,19,21)(H,20,22). The average Bonchev–Trinajstić information content (AvgIpc) is 3.23. The van der Waals surface area contributed by atoms with Gasteiger partial charge in [-0.3, -0.25) is 9.59 Å². The summed E-state index contributed by atoms with van der Waals surface area (Å²) in [5, 5.41) is 5.54. The van der Waals surface area contributed by atoms with E-state index in [0.717, 1.165) is 0 Å². The Hall–Kier alpha value is -3.28. The van der Waals surface area contributed by atoms with Crippen LogP contribution in [0.15, 0.2) is 60.9 Å². The molecule has 0 saturated heterocycles. The molecule has 4 N–H and O–H groups in total. The maximum atomic E-state index is 12.1. The summed E-state index contributed by atoms with van der Waals surface area (Å²) in [4.78, 5) is 29.8. The molecule has 0 bridgehead atoms. The van der Waals surface area contributed by atoms with Gasteiger partial charge < -0.3 is 20.6 Å². The number of hydrogen-bond donors (Lipinski definition) is 4. The lowest BCUT2D eigenvalue weighted by Gasteiger charge is -2.11. The van der Waals surface area contributed by atoms with Crippen molar-refractivity contribution >= 4 is 23.2 Å². The number of nitrogens with one attached hydrogen (secondary N) is 4. The average molecular weight is 294 g/mol. The molecule has 0 saturated carbocycles. The van der Waals surface area contributed by atoms with Gasteiger partial charge in [0.1, 0.15) is 11.4 Å². The van der Waals surface area contributed by atoms with E-state index in [1.54, 1.807) is 60.9 Å². The lowest BCUT2D eigenvalue weighted by molar-refractivity contribution is 0.101. The Labute approximate surface area is 126 Å². The number of carbonyl (C=O) groups is 2. The zero-order valence-corrected chi connectivity index (χ0v) is 11.6. The third-order valence-electron chi connectivity index (χ3n) is 3.11. The van der Waals surface area contributed by atoms with Crippen LogP contribution in [-0.4, -0.2) is 21.8 Å². The molecular formula is C16H14N4O2. The Morgan fingerprint density at radius 1 is 0.682 bits per heavy atom. The molecule has 0 aliphatic rings. The van der Waals surface area contributed by atoms with Gasteiger partial charge in [-0.05, 0) is 36.4 Å². The van der Waals surface area contributed by atoms with E-state index in [1.807, 2.05) is 0 Å². The Kier molecular flexibility index (Phi) is 3.74. The molecule has 6 nitrogen and oxygen atoms in total. The van der Waals surface area contributed by atoms with Gasteiger partial charge >= 0.3 is 0 Å². The van der Waals surface area contributed by atoms with Crippen LogP contribution in [0, 0.1) is 0 Å². The zero-order valence-electron chi connectivity index (χ0n) is 11.6. The third kappa shape index (κ3) is 2.90. The monoisotopic (exact) mass is 294 g/mol. The lowest BCUT2D eigenvalue weighted by Crippen LogP contribution is -2.17. The number of carbonyl (C=O) groups excluding carboxylic acids is 2. The predicted molar refractivity (Wildman–Crippen MR) is 83.9 cm³/mol. The summed E-state index contributed by atoms with van der Waals surface area (Å²) in [6, 6.07) is 13.9. The summed E-state index contributed by atoms with van der Waals surface area (Å²) < 4.78 is 0. The number of para-hydroxylation sites is 2. The maximum absolute atomic E-state index is 12.1. The van der Waals surface area contributed by atoms with E-state index < -0.39 is 0 Å². The minimum atomic E-state index is -0.272. The van der Waals surface area contributed by atoms with E-state index in [2.05, 4.69) is 20.6 Å². The van der Waals surface area contributed by atoms with Gasteiger partial charge in [-0.1, -0.05) is 12.1 Å². The highest BCUT2D eigenvalue weighted by Crippen LogP contribution is 2.22. The molecule has 22 heavy (non-hydrogen) atoms. The molecule has 3 aromatic rings. The first kappa shape index (κ1) is 13.7. The molecule has 0 radical (unpaired) electrons. The molecule has 0 atom stereocenters. The summed E-state index contributed by atoms with van der Waals surface area (Å²) >= 11 is 0. The van der Waals surface area contributed by atoms with Crippen LogP contribution in [0.25, 0.3) is 0 Å². The second kappa shape index (κ2) is 6.01. The Morgan fingerprint density at radius 3 is 1.50 bits per heavy atom. The van der Waals surface area contributed by atoms with E-state index in [0.29, 0.717) is 22.8 Å². The predicted octanol–water partition coefficient (Wildman–Crippen LogP) is 2.85. The van der Waals surface area contributed by atoms with E-state index in [-0.39, 0.29) is 11.8 Å². The Bertz CT molecular complexity index is 709. The molecule has 1 aromatic carbocycles. The summed E-state index contributed by atoms with van der Waals surface area (Å²) in [5.74, 6) is -0.543. The van der Waals surface area contributed by atoms with E-state index in [9.17, 15) is 9.59 Å². The van der Waals surface area contributed by atoms with Crippen LogP contribution in [0.4, 0.5) is 11.4 Å². The number of aromatic nitrogens is 2. The number of H-pyrrole nitrogens is 2. The van der Waals surface area contributed by atoms with Crippen LogP contribution in [0.5, 0.6) is 0 Å². The maximum Gasteiger partial charge on any atom is 0.272 e. The second-order valence-corrected chi connectivity index (χ2v) is 4.62. The molecule has 2 aromatic heterocycles. The first-order valence-electron chi connectivity index (χ1n) is 6.72. The number of aromatic amines is 2. The fourth-order valence-corrected chi connectivity index (χ4v) is 2.02. The fraction of sp³-hybridized carbons (Fsp3) is 0. The van der Waals surface area contributed by atoms with Crippen molar-refractivity contribution in [3.63, 3.8) is 0 Å². The summed E-state index contributed by atoms with van der Waals surface area (Å²) in [7, 11) is 0. The molecule has 3 rings (SSSR count). The summed E-state index contributed by atoms with van der Waals surface area (Å²) in [5.41, 5.74) is 1.96. The topological polar surface area (TPSA) is 89.8 Å². The van der Waals surface area contributed by atoms with Gasteiger partial charge in [0.05, 0.1) is 11.4 Å². The van der Waals surface area contributed by atoms with Crippen LogP contribution in [-0.2, 0) is 0 Å². The number of anilines is 2. The van der Waals surface area contributed by atoms with Crippen molar-refractivity contribution in [2.24, 2.45) is 0 Å². The van der Waals surface area contributed by atoms with Gasteiger partial charge in [0.15, 0.2) is 0 Å². The largest absolute Gasteiger partial charge is 0.357 e. The number of rotatable bonds is 4. The smallest absolute Gasteiger partial charge is 0.272 e. The zero-order chi connectivity index (χ0) is 15.4. The van der Waals surface area contributed by atoms with Gasteiger partial charge in [0.2, 0.25) is 0 Å². The molecule has 0 spiro atoms. The number of hydrogen-bond acceptors (Lipinski definition) is 2. The first-order chi connectivity index (χ1) is 10.7. The van der Waals surface area contributed by atoms with Crippen molar-refractivity contribution in [1.29, 1.82) is 0 Å². The summed E-state index contributed by atoms with van der Waals surface area (Å²) in [6.07, 6.45) is 3.35. The molecule has 0 fully saturated rings. The minimum absolute atomic E-state index is 0.272. The van der Waals surface area contributed by atoms with Crippen LogP contribution in [0.3, 0.4) is 0 Å². The first-order valence-corrected chi connectivity index (χ1v) is 6.72. The molecular weight excluding hydrogens is 280 g/mol. The van der Waals surface area contributed by atoms with E-state index >= 15 is 0 Å². The highest BCUT2D eigenvalue weighted by molar-refractivity contribution is 6.08. The highest BCUT2D eigenvalue weighted by atomic mass is 16.2. The molecule has 2 heterocycles. The van der Waals surface area contributed by atoms with E-state index in [1.165, 1.54) is 0 Å². The van der Waals surface area contributed by atoms with Gasteiger partial charge in [-0.15, -0.1) is 0 Å². The number of amides is 2. The van der Waals surface area contributed by atoms with Gasteiger partial charge in [-0.25, -0.2) is 0 Å². The van der Waals surface area contributed by atoms with Crippen LogP contribution in [0.1, 0.15) is 21.0 Å². The normalized spacial score (nSPS) is 10.2. The quantitative estimate of drug-likeness (QED) is 0.596. The molecule has 6 heteroatoms. The van der Waals surface area contributed by atoms with Gasteiger partial charge in [-0.2, -0.15) is 0 Å². The molecule has 0 unspecified atom stereocenters. The minimum Gasteiger partial charge on any atom is -0.357 e. The number of benzene rings is 1. The molecule has 0 aliphatic carbocycles. The van der Waals surface area contributed by atoms with Crippen molar-refractivity contribution in [3.8, 4) is 0 Å². The van der Waals surface area contributed by atoms with Crippen molar-refractivity contribution in [2.45, 2.75) is 0 Å². The SMILES string of the molecule is O=C(Nc1ccccc1NC(=O)c1ccc[nH]1)c1ccc[nH]1. The van der Waals surface area contributed by atoms with Crippen LogP contribution < -0.4 is 10.6 Å².